The summed E-state index contributed by atoms with van der Waals surface area (Å²) in [5.74, 6) is -0.986. The van der Waals surface area contributed by atoms with E-state index < -0.39 is 29.0 Å². The molecule has 2 aromatic rings. The van der Waals surface area contributed by atoms with Crippen molar-refractivity contribution in [2.45, 2.75) is 25.9 Å². The summed E-state index contributed by atoms with van der Waals surface area (Å²) >= 11 is 0. The molecule has 0 radical (unpaired) electrons. The Bertz CT molecular complexity index is 877. The third-order valence-electron chi connectivity index (χ3n) is 5.30. The SMILES string of the molecule is CCC1C(=O)[N+](Cc2ccc(Oc3ccccc3)cc2)(C(CO)C(=O)OC)C1=O. The van der Waals surface area contributed by atoms with Crippen LogP contribution < -0.4 is 4.74 Å². The number of imide groups is 1. The molecule has 3 rings (SSSR count). The van der Waals surface area contributed by atoms with Crippen LogP contribution >= 0.6 is 0 Å². The second kappa shape index (κ2) is 8.55. The van der Waals surface area contributed by atoms with Crippen molar-refractivity contribution in [1.29, 1.82) is 0 Å². The summed E-state index contributed by atoms with van der Waals surface area (Å²) in [6.07, 6.45) is 0.362. The lowest BCUT2D eigenvalue weighted by molar-refractivity contribution is -0.834. The van der Waals surface area contributed by atoms with Crippen LogP contribution in [-0.2, 0) is 25.7 Å². The molecule has 0 aliphatic carbocycles. The van der Waals surface area contributed by atoms with E-state index in [1.54, 1.807) is 31.2 Å². The largest absolute Gasteiger partial charge is 0.465 e. The first-order valence-corrected chi connectivity index (χ1v) is 9.45. The minimum Gasteiger partial charge on any atom is -0.465 e. The Balaban J connectivity index is 1.86. The lowest BCUT2D eigenvalue weighted by Crippen LogP contribution is -2.77. The second-order valence-corrected chi connectivity index (χ2v) is 6.94. The number of likely N-dealkylation sites (tertiary alicyclic amines) is 1. The van der Waals surface area contributed by atoms with Crippen LogP contribution in [-0.4, -0.2) is 47.1 Å². The number of hydrogen-bond donors (Lipinski definition) is 1. The molecule has 0 aromatic heterocycles. The van der Waals surface area contributed by atoms with Crippen LogP contribution in [0.4, 0.5) is 0 Å². The van der Waals surface area contributed by atoms with Gasteiger partial charge in [0.05, 0.1) is 7.11 Å². The van der Waals surface area contributed by atoms with Crippen LogP contribution in [0.3, 0.4) is 0 Å². The van der Waals surface area contributed by atoms with Crippen LogP contribution in [0.5, 0.6) is 11.5 Å². The fraction of sp³-hybridized carbons (Fsp3) is 0.318. The minimum atomic E-state index is -1.27. The Hall–Kier alpha value is -3.03. The summed E-state index contributed by atoms with van der Waals surface area (Å²) < 4.78 is 9.74. The van der Waals surface area contributed by atoms with E-state index in [4.69, 9.17) is 9.47 Å². The van der Waals surface area contributed by atoms with E-state index in [-0.39, 0.29) is 18.4 Å². The van der Waals surface area contributed by atoms with Gasteiger partial charge < -0.3 is 14.6 Å². The molecule has 0 bridgehead atoms. The lowest BCUT2D eigenvalue weighted by atomic mass is 9.86. The molecule has 0 spiro atoms. The maximum Gasteiger partial charge on any atom is 0.368 e. The van der Waals surface area contributed by atoms with Gasteiger partial charge in [-0.3, -0.25) is 0 Å². The molecule has 29 heavy (non-hydrogen) atoms. The Kier molecular flexibility index (Phi) is 6.10. The number of hydrogen-bond acceptors (Lipinski definition) is 6. The standard InChI is InChI=1S/C22H24NO6/c1-3-18-20(25)23(21(18)26,19(14-24)22(27)28-2)13-15-9-11-17(12-10-15)29-16-7-5-4-6-8-16/h4-12,18-19,24H,3,13-14H2,1-2H3/q+1. The molecule has 7 nitrogen and oxygen atoms in total. The molecule has 2 aromatic carbocycles. The van der Waals surface area contributed by atoms with E-state index in [2.05, 4.69) is 0 Å². The summed E-state index contributed by atoms with van der Waals surface area (Å²) in [4.78, 5) is 37.9. The van der Waals surface area contributed by atoms with Crippen molar-refractivity contribution >= 4 is 17.8 Å². The Labute approximate surface area is 169 Å². The van der Waals surface area contributed by atoms with E-state index in [9.17, 15) is 19.5 Å². The van der Waals surface area contributed by atoms with E-state index in [0.29, 0.717) is 23.5 Å². The van der Waals surface area contributed by atoms with E-state index >= 15 is 0 Å². The molecule has 2 amide bonds. The number of amides is 2. The van der Waals surface area contributed by atoms with Crippen LogP contribution in [0, 0.1) is 5.92 Å². The molecule has 1 unspecified atom stereocenters. The summed E-state index contributed by atoms with van der Waals surface area (Å²) in [6, 6.07) is 15.0. The number of esters is 1. The average molecular weight is 398 g/mol. The number of quaternary nitrogens is 1. The predicted molar refractivity (Wildman–Crippen MR) is 104 cm³/mol. The number of rotatable bonds is 8. The molecule has 1 atom stereocenters. The van der Waals surface area contributed by atoms with Crippen molar-refractivity contribution in [1.82, 2.24) is 0 Å². The monoisotopic (exact) mass is 398 g/mol. The molecular formula is C22H24NO6+. The molecule has 1 aliphatic heterocycles. The van der Waals surface area contributed by atoms with Crippen LogP contribution in [0.1, 0.15) is 18.9 Å². The number of β-lactam (4-membered cyclic amide) rings is 2. The molecule has 1 heterocycles. The van der Waals surface area contributed by atoms with Gasteiger partial charge in [0.1, 0.15) is 24.7 Å². The molecule has 1 aliphatic rings. The highest BCUT2D eigenvalue weighted by atomic mass is 16.5. The quantitative estimate of drug-likeness (QED) is 0.318. The number of ether oxygens (including phenoxy) is 2. The Morgan fingerprint density at radius 3 is 2.14 bits per heavy atom. The van der Waals surface area contributed by atoms with Crippen LogP contribution in [0.15, 0.2) is 54.6 Å². The number of para-hydroxylation sites is 1. The zero-order chi connectivity index (χ0) is 21.0. The molecule has 0 saturated carbocycles. The Morgan fingerprint density at radius 1 is 1.03 bits per heavy atom. The topological polar surface area (TPSA) is 89.9 Å². The third kappa shape index (κ3) is 3.66. The van der Waals surface area contributed by atoms with Gasteiger partial charge in [0, 0.05) is 5.56 Å². The molecule has 1 saturated heterocycles. The first-order valence-electron chi connectivity index (χ1n) is 9.45. The highest BCUT2D eigenvalue weighted by molar-refractivity contribution is 6.09. The fourth-order valence-electron chi connectivity index (χ4n) is 3.73. The number of aliphatic hydroxyl groups is 1. The molecule has 7 heteroatoms. The first-order chi connectivity index (χ1) is 14.0. The molecule has 1 fully saturated rings. The second-order valence-electron chi connectivity index (χ2n) is 6.94. The average Bonchev–Trinajstić information content (AvgIpc) is 2.75. The van der Waals surface area contributed by atoms with Crippen LogP contribution in [0.25, 0.3) is 0 Å². The van der Waals surface area contributed by atoms with Crippen molar-refractivity contribution in [2.75, 3.05) is 13.7 Å². The van der Waals surface area contributed by atoms with Crippen molar-refractivity contribution in [3.63, 3.8) is 0 Å². The summed E-state index contributed by atoms with van der Waals surface area (Å²) in [6.45, 7) is 1.06. The first kappa shape index (κ1) is 20.7. The lowest BCUT2D eigenvalue weighted by Gasteiger charge is -2.46. The molecule has 1 N–H and O–H groups in total. The summed E-state index contributed by atoms with van der Waals surface area (Å²) in [7, 11) is 1.17. The highest BCUT2D eigenvalue weighted by Gasteiger charge is 2.68. The van der Waals surface area contributed by atoms with Gasteiger partial charge >= 0.3 is 17.8 Å². The van der Waals surface area contributed by atoms with Gasteiger partial charge in [-0.2, -0.15) is 4.48 Å². The highest BCUT2D eigenvalue weighted by Crippen LogP contribution is 2.38. The van der Waals surface area contributed by atoms with Crippen molar-refractivity contribution in [3.05, 3.63) is 60.2 Å². The van der Waals surface area contributed by atoms with E-state index in [1.165, 1.54) is 7.11 Å². The predicted octanol–water partition coefficient (Wildman–Crippen LogP) is 2.42. The van der Waals surface area contributed by atoms with Crippen molar-refractivity contribution in [3.8, 4) is 11.5 Å². The van der Waals surface area contributed by atoms with Gasteiger partial charge in [0.2, 0.25) is 6.04 Å². The summed E-state index contributed by atoms with van der Waals surface area (Å²) in [5, 5.41) is 9.77. The number of aliphatic hydroxyl groups excluding tert-OH is 1. The number of carbonyl (C=O) groups excluding carboxylic acids is 3. The van der Waals surface area contributed by atoms with Crippen LogP contribution in [0.2, 0.25) is 0 Å². The maximum absolute atomic E-state index is 12.9. The van der Waals surface area contributed by atoms with Gasteiger partial charge in [-0.05, 0) is 42.8 Å². The fourth-order valence-corrected chi connectivity index (χ4v) is 3.73. The summed E-state index contributed by atoms with van der Waals surface area (Å²) in [5.41, 5.74) is 0.670. The van der Waals surface area contributed by atoms with Crippen molar-refractivity contribution < 1.29 is 33.4 Å². The van der Waals surface area contributed by atoms with Gasteiger partial charge in [-0.25, -0.2) is 14.4 Å². The Morgan fingerprint density at radius 2 is 1.62 bits per heavy atom. The van der Waals surface area contributed by atoms with E-state index in [0.717, 1.165) is 0 Å². The number of methoxy groups -OCH3 is 1. The zero-order valence-corrected chi connectivity index (χ0v) is 16.4. The number of carbonyl (C=O) groups is 3. The van der Waals surface area contributed by atoms with Crippen molar-refractivity contribution in [2.24, 2.45) is 5.92 Å². The maximum atomic E-state index is 12.9. The van der Waals surface area contributed by atoms with Gasteiger partial charge in [0.15, 0.2) is 5.92 Å². The van der Waals surface area contributed by atoms with Gasteiger partial charge in [-0.1, -0.05) is 25.1 Å². The zero-order valence-electron chi connectivity index (χ0n) is 16.4. The molecular weight excluding hydrogens is 374 g/mol. The molecule has 152 valence electrons. The minimum absolute atomic E-state index is 0.0277. The number of benzene rings is 2. The normalized spacial score (nSPS) is 22.0. The van der Waals surface area contributed by atoms with E-state index in [1.807, 2.05) is 30.3 Å². The number of nitrogens with zero attached hydrogens (tertiary/aromatic N) is 1. The van der Waals surface area contributed by atoms with Gasteiger partial charge in [-0.15, -0.1) is 0 Å². The third-order valence-corrected chi connectivity index (χ3v) is 5.30. The van der Waals surface area contributed by atoms with Gasteiger partial charge in [0.25, 0.3) is 0 Å². The smallest absolute Gasteiger partial charge is 0.368 e.